The Hall–Kier alpha value is -2.77. The molecule has 0 atom stereocenters. The maximum atomic E-state index is 13.2. The van der Waals surface area contributed by atoms with E-state index in [9.17, 15) is 14.0 Å². The van der Waals surface area contributed by atoms with Crippen molar-refractivity contribution in [3.05, 3.63) is 65.5 Å². The molecule has 0 radical (unpaired) electrons. The van der Waals surface area contributed by atoms with Crippen LogP contribution >= 0.6 is 0 Å². The van der Waals surface area contributed by atoms with Crippen LogP contribution in [0.2, 0.25) is 0 Å². The van der Waals surface area contributed by atoms with Crippen molar-refractivity contribution in [1.29, 1.82) is 0 Å². The summed E-state index contributed by atoms with van der Waals surface area (Å²) in [6, 6.07) is 12.1. The molecule has 0 aliphatic carbocycles. The van der Waals surface area contributed by atoms with Crippen molar-refractivity contribution in [1.82, 2.24) is 10.2 Å². The first-order valence-corrected chi connectivity index (χ1v) is 8.87. The predicted molar refractivity (Wildman–Crippen MR) is 100 cm³/mol. The van der Waals surface area contributed by atoms with E-state index in [4.69, 9.17) is 4.74 Å². The largest absolute Gasteiger partial charge is 0.379 e. The summed E-state index contributed by atoms with van der Waals surface area (Å²) in [5.74, 6) is -1.03. The van der Waals surface area contributed by atoms with E-state index in [0.29, 0.717) is 17.8 Å². The van der Waals surface area contributed by atoms with Crippen molar-refractivity contribution in [2.45, 2.75) is 0 Å². The van der Waals surface area contributed by atoms with Gasteiger partial charge in [0.1, 0.15) is 5.82 Å². The van der Waals surface area contributed by atoms with E-state index < -0.39 is 11.7 Å². The Morgan fingerprint density at radius 1 is 1.00 bits per heavy atom. The van der Waals surface area contributed by atoms with Gasteiger partial charge in [0.25, 0.3) is 11.8 Å². The van der Waals surface area contributed by atoms with Gasteiger partial charge in [0.2, 0.25) is 0 Å². The number of carbonyl (C=O) groups excluding carboxylic acids is 2. The van der Waals surface area contributed by atoms with Crippen LogP contribution in [0.25, 0.3) is 0 Å². The number of carbonyl (C=O) groups is 2. The minimum Gasteiger partial charge on any atom is -0.379 e. The second-order valence-electron chi connectivity index (χ2n) is 6.25. The molecule has 3 rings (SSSR count). The predicted octanol–water partition coefficient (Wildman–Crippen LogP) is 2.14. The highest BCUT2D eigenvalue weighted by Gasteiger charge is 2.11. The van der Waals surface area contributed by atoms with Gasteiger partial charge in [-0.1, -0.05) is 6.07 Å². The van der Waals surface area contributed by atoms with Gasteiger partial charge in [-0.3, -0.25) is 14.5 Å². The normalized spacial score (nSPS) is 14.6. The molecule has 2 N–H and O–H groups in total. The molecule has 0 spiro atoms. The zero-order valence-electron chi connectivity index (χ0n) is 14.9. The van der Waals surface area contributed by atoms with Gasteiger partial charge in [0.15, 0.2) is 0 Å². The first kappa shape index (κ1) is 19.0. The van der Waals surface area contributed by atoms with Crippen molar-refractivity contribution in [2.75, 3.05) is 44.7 Å². The van der Waals surface area contributed by atoms with E-state index in [0.717, 1.165) is 32.8 Å². The molecule has 2 aromatic rings. The van der Waals surface area contributed by atoms with Crippen molar-refractivity contribution in [2.24, 2.45) is 0 Å². The molecule has 2 aromatic carbocycles. The topological polar surface area (TPSA) is 70.7 Å². The quantitative estimate of drug-likeness (QED) is 0.816. The Balaban J connectivity index is 1.48. The fourth-order valence-corrected chi connectivity index (χ4v) is 2.79. The van der Waals surface area contributed by atoms with Crippen LogP contribution in [0, 0.1) is 5.82 Å². The number of nitrogens with one attached hydrogen (secondary N) is 2. The van der Waals surface area contributed by atoms with E-state index in [-0.39, 0.29) is 11.5 Å². The number of morpholine rings is 1. The average Bonchev–Trinajstić information content (AvgIpc) is 2.69. The minimum atomic E-state index is -0.466. The summed E-state index contributed by atoms with van der Waals surface area (Å²) >= 11 is 0. The maximum Gasteiger partial charge on any atom is 0.255 e. The number of amides is 2. The van der Waals surface area contributed by atoms with Gasteiger partial charge in [0, 0.05) is 43.0 Å². The van der Waals surface area contributed by atoms with Crippen LogP contribution in [0.1, 0.15) is 20.7 Å². The lowest BCUT2D eigenvalue weighted by atomic mass is 10.1. The summed E-state index contributed by atoms with van der Waals surface area (Å²) in [5, 5.41) is 5.57. The smallest absolute Gasteiger partial charge is 0.255 e. The SMILES string of the molecule is O=C(NCCN1CCOCC1)c1ccc(NC(=O)c2cccc(F)c2)cc1. The Bertz CT molecular complexity index is 789. The van der Waals surface area contributed by atoms with Crippen LogP contribution in [0.3, 0.4) is 0 Å². The fraction of sp³-hybridized carbons (Fsp3) is 0.300. The van der Waals surface area contributed by atoms with E-state index in [1.165, 1.54) is 24.3 Å². The molecule has 0 bridgehead atoms. The van der Waals surface area contributed by atoms with E-state index in [1.54, 1.807) is 24.3 Å². The standard InChI is InChI=1S/C20H22FN3O3/c21-17-3-1-2-16(14-17)20(26)23-18-6-4-15(5-7-18)19(25)22-8-9-24-10-12-27-13-11-24/h1-7,14H,8-13H2,(H,22,25)(H,23,26). The van der Waals surface area contributed by atoms with Crippen LogP contribution < -0.4 is 10.6 Å². The lowest BCUT2D eigenvalue weighted by Crippen LogP contribution is -2.41. The Morgan fingerprint density at radius 3 is 2.44 bits per heavy atom. The van der Waals surface area contributed by atoms with Gasteiger partial charge in [-0.2, -0.15) is 0 Å². The second kappa shape index (κ2) is 9.25. The summed E-state index contributed by atoms with van der Waals surface area (Å²) in [4.78, 5) is 26.5. The van der Waals surface area contributed by atoms with E-state index in [2.05, 4.69) is 15.5 Å². The molecule has 27 heavy (non-hydrogen) atoms. The first-order chi connectivity index (χ1) is 13.1. The van der Waals surface area contributed by atoms with Crippen LogP contribution in [0.5, 0.6) is 0 Å². The number of ether oxygens (including phenoxy) is 1. The molecule has 142 valence electrons. The van der Waals surface area contributed by atoms with Gasteiger partial charge < -0.3 is 15.4 Å². The lowest BCUT2D eigenvalue weighted by molar-refractivity contribution is 0.0383. The molecule has 0 unspecified atom stereocenters. The van der Waals surface area contributed by atoms with Gasteiger partial charge in [-0.25, -0.2) is 4.39 Å². The van der Waals surface area contributed by atoms with Gasteiger partial charge >= 0.3 is 0 Å². The number of hydrogen-bond acceptors (Lipinski definition) is 4. The molecule has 1 aliphatic rings. The number of nitrogens with zero attached hydrogens (tertiary/aromatic N) is 1. The highest BCUT2D eigenvalue weighted by atomic mass is 19.1. The summed E-state index contributed by atoms with van der Waals surface area (Å²) in [6.07, 6.45) is 0. The number of hydrogen-bond donors (Lipinski definition) is 2. The molecule has 0 aromatic heterocycles. The van der Waals surface area contributed by atoms with Gasteiger partial charge in [-0.15, -0.1) is 0 Å². The molecular weight excluding hydrogens is 349 g/mol. The van der Waals surface area contributed by atoms with Crippen molar-refractivity contribution < 1.29 is 18.7 Å². The van der Waals surface area contributed by atoms with Crippen molar-refractivity contribution >= 4 is 17.5 Å². The molecule has 0 saturated carbocycles. The van der Waals surface area contributed by atoms with Crippen molar-refractivity contribution in [3.8, 4) is 0 Å². The molecule has 2 amide bonds. The second-order valence-corrected chi connectivity index (χ2v) is 6.25. The van der Waals surface area contributed by atoms with Crippen molar-refractivity contribution in [3.63, 3.8) is 0 Å². The third kappa shape index (κ3) is 5.60. The zero-order valence-corrected chi connectivity index (χ0v) is 14.9. The zero-order chi connectivity index (χ0) is 19.1. The van der Waals surface area contributed by atoms with E-state index in [1.807, 2.05) is 0 Å². The summed E-state index contributed by atoms with van der Waals surface area (Å²) in [5.41, 5.74) is 1.29. The number of benzene rings is 2. The maximum absolute atomic E-state index is 13.2. The third-order valence-electron chi connectivity index (χ3n) is 4.31. The summed E-state index contributed by atoms with van der Waals surface area (Å²) in [7, 11) is 0. The van der Waals surface area contributed by atoms with E-state index >= 15 is 0 Å². The van der Waals surface area contributed by atoms with Gasteiger partial charge in [0.05, 0.1) is 13.2 Å². The number of anilines is 1. The lowest BCUT2D eigenvalue weighted by Gasteiger charge is -2.26. The first-order valence-electron chi connectivity index (χ1n) is 8.87. The van der Waals surface area contributed by atoms with Crippen LogP contribution in [0.15, 0.2) is 48.5 Å². The summed E-state index contributed by atoms with van der Waals surface area (Å²) < 4.78 is 18.5. The number of halogens is 1. The molecular formula is C20H22FN3O3. The molecule has 1 heterocycles. The molecule has 6 nitrogen and oxygen atoms in total. The highest BCUT2D eigenvalue weighted by molar-refractivity contribution is 6.04. The Morgan fingerprint density at radius 2 is 1.74 bits per heavy atom. The Labute approximate surface area is 157 Å². The molecule has 7 heteroatoms. The minimum absolute atomic E-state index is 0.161. The number of rotatable bonds is 6. The third-order valence-corrected chi connectivity index (χ3v) is 4.31. The Kier molecular flexibility index (Phi) is 6.51. The fourth-order valence-electron chi connectivity index (χ4n) is 2.79. The summed E-state index contributed by atoms with van der Waals surface area (Å²) in [6.45, 7) is 4.59. The monoisotopic (exact) mass is 371 g/mol. The molecule has 1 saturated heterocycles. The molecule has 1 aliphatic heterocycles. The highest BCUT2D eigenvalue weighted by Crippen LogP contribution is 2.12. The van der Waals surface area contributed by atoms with Gasteiger partial charge in [-0.05, 0) is 42.5 Å². The average molecular weight is 371 g/mol. The van der Waals surface area contributed by atoms with Crippen LogP contribution in [-0.2, 0) is 4.74 Å². The van der Waals surface area contributed by atoms with Crippen LogP contribution in [0.4, 0.5) is 10.1 Å². The molecule has 1 fully saturated rings. The van der Waals surface area contributed by atoms with Crippen LogP contribution in [-0.4, -0.2) is 56.1 Å².